The third-order valence-electron chi connectivity index (χ3n) is 3.76. The second-order valence-electron chi connectivity index (χ2n) is 8.24. The Hall–Kier alpha value is -2.42. The number of nitrogens with zero attached hydrogens (tertiary/aromatic N) is 3. The summed E-state index contributed by atoms with van der Waals surface area (Å²) in [5, 5.41) is 13.3. The van der Waals surface area contributed by atoms with E-state index in [2.05, 4.69) is 20.8 Å². The molecule has 0 spiro atoms. The lowest BCUT2D eigenvalue weighted by Gasteiger charge is -2.21. The van der Waals surface area contributed by atoms with Crippen LogP contribution in [0.1, 0.15) is 41.5 Å². The molecule has 0 radical (unpaired) electrons. The number of aromatic nitrogens is 3. The van der Waals surface area contributed by atoms with Gasteiger partial charge >= 0.3 is 6.03 Å². The summed E-state index contributed by atoms with van der Waals surface area (Å²) in [5.74, 6) is -0.149. The molecule has 1 aromatic heterocycles. The lowest BCUT2D eigenvalue weighted by Crippen LogP contribution is -2.49. The highest BCUT2D eigenvalue weighted by Crippen LogP contribution is 2.29. The van der Waals surface area contributed by atoms with Crippen molar-refractivity contribution in [3.8, 4) is 11.4 Å². The molecule has 7 nitrogen and oxygen atoms in total. The topological polar surface area (TPSA) is 88.9 Å². The molecule has 9 heteroatoms. The first-order valence-electron chi connectivity index (χ1n) is 9.45. The number of halogens is 1. The average molecular weight is 422 g/mol. The number of thioether (sulfide) groups is 1. The van der Waals surface area contributed by atoms with Crippen molar-refractivity contribution in [1.29, 1.82) is 0 Å². The van der Waals surface area contributed by atoms with Crippen molar-refractivity contribution in [3.05, 3.63) is 30.1 Å². The van der Waals surface area contributed by atoms with Gasteiger partial charge in [0.05, 0.1) is 10.8 Å². The summed E-state index contributed by atoms with van der Waals surface area (Å²) >= 11 is 1.18. The number of rotatable bonds is 6. The van der Waals surface area contributed by atoms with Crippen LogP contribution in [0.2, 0.25) is 0 Å². The zero-order valence-electron chi connectivity index (χ0n) is 17.6. The van der Waals surface area contributed by atoms with Crippen LogP contribution in [-0.4, -0.2) is 37.5 Å². The summed E-state index contributed by atoms with van der Waals surface area (Å²) in [4.78, 5) is 24.3. The lowest BCUT2D eigenvalue weighted by atomic mass is 10.1. The number of imide groups is 1. The average Bonchev–Trinajstić information content (AvgIpc) is 2.95. The maximum atomic E-state index is 14.3. The summed E-state index contributed by atoms with van der Waals surface area (Å²) in [6.07, 6.45) is 0. The highest BCUT2D eigenvalue weighted by atomic mass is 32.2. The molecular formula is C20H28FN5O2S. The minimum Gasteiger partial charge on any atom is -0.333 e. The number of carbonyl (C=O) groups excluding carboxylic acids is 2. The van der Waals surface area contributed by atoms with E-state index in [0.29, 0.717) is 23.1 Å². The SMILES string of the molecule is CC(C)Cn1c(SC(C)C(=O)NC(=O)NC(C)(C)C)nnc1-c1ccccc1F. The van der Waals surface area contributed by atoms with Crippen LogP contribution in [0.15, 0.2) is 29.4 Å². The highest BCUT2D eigenvalue weighted by Gasteiger charge is 2.24. The van der Waals surface area contributed by atoms with Crippen LogP contribution in [0.3, 0.4) is 0 Å². The van der Waals surface area contributed by atoms with E-state index in [9.17, 15) is 14.0 Å². The van der Waals surface area contributed by atoms with Gasteiger partial charge in [-0.3, -0.25) is 10.1 Å². The maximum absolute atomic E-state index is 14.3. The van der Waals surface area contributed by atoms with Gasteiger partial charge in [-0.1, -0.05) is 37.7 Å². The van der Waals surface area contributed by atoms with Crippen LogP contribution in [0.5, 0.6) is 0 Å². The highest BCUT2D eigenvalue weighted by molar-refractivity contribution is 8.00. The molecule has 1 atom stereocenters. The summed E-state index contributed by atoms with van der Waals surface area (Å²) in [7, 11) is 0. The van der Waals surface area contributed by atoms with Crippen LogP contribution >= 0.6 is 11.8 Å². The van der Waals surface area contributed by atoms with Crippen molar-refractivity contribution in [2.75, 3.05) is 0 Å². The molecule has 1 heterocycles. The summed E-state index contributed by atoms with van der Waals surface area (Å²) in [6, 6.07) is 5.83. The van der Waals surface area contributed by atoms with Gasteiger partial charge in [-0.05, 0) is 45.7 Å². The molecule has 0 aliphatic heterocycles. The quantitative estimate of drug-likeness (QED) is 0.692. The molecule has 2 aromatic rings. The molecule has 2 N–H and O–H groups in total. The van der Waals surface area contributed by atoms with Crippen molar-refractivity contribution in [3.63, 3.8) is 0 Å². The van der Waals surface area contributed by atoms with Gasteiger partial charge < -0.3 is 9.88 Å². The fourth-order valence-corrected chi connectivity index (χ4v) is 3.40. The number of nitrogens with one attached hydrogen (secondary N) is 2. The number of benzene rings is 1. The van der Waals surface area contributed by atoms with Gasteiger partial charge in [0.15, 0.2) is 11.0 Å². The second kappa shape index (κ2) is 9.39. The van der Waals surface area contributed by atoms with E-state index in [4.69, 9.17) is 0 Å². The third-order valence-corrected chi connectivity index (χ3v) is 4.84. The Morgan fingerprint density at radius 3 is 2.41 bits per heavy atom. The number of urea groups is 1. The minimum atomic E-state index is -0.593. The van der Waals surface area contributed by atoms with Crippen LogP contribution in [-0.2, 0) is 11.3 Å². The van der Waals surface area contributed by atoms with Gasteiger partial charge in [0.1, 0.15) is 5.82 Å². The van der Waals surface area contributed by atoms with E-state index < -0.39 is 22.7 Å². The van der Waals surface area contributed by atoms with Crippen LogP contribution in [0, 0.1) is 11.7 Å². The molecule has 0 fully saturated rings. The molecular weight excluding hydrogens is 393 g/mol. The number of amides is 3. The van der Waals surface area contributed by atoms with Gasteiger partial charge in [0.2, 0.25) is 5.91 Å². The fraction of sp³-hybridized carbons (Fsp3) is 0.500. The van der Waals surface area contributed by atoms with Crippen molar-refractivity contribution in [2.45, 2.75) is 64.0 Å². The van der Waals surface area contributed by atoms with E-state index in [-0.39, 0.29) is 11.7 Å². The Balaban J connectivity index is 2.20. The number of hydrogen-bond acceptors (Lipinski definition) is 5. The molecule has 3 amide bonds. The molecule has 1 aromatic carbocycles. The van der Waals surface area contributed by atoms with Crippen molar-refractivity contribution < 1.29 is 14.0 Å². The van der Waals surface area contributed by atoms with E-state index in [1.165, 1.54) is 17.8 Å². The lowest BCUT2D eigenvalue weighted by molar-refractivity contribution is -0.119. The molecule has 29 heavy (non-hydrogen) atoms. The zero-order chi connectivity index (χ0) is 21.8. The summed E-state index contributed by atoms with van der Waals surface area (Å²) in [6.45, 7) is 11.8. The van der Waals surface area contributed by atoms with Crippen molar-refractivity contribution in [1.82, 2.24) is 25.4 Å². The monoisotopic (exact) mass is 421 g/mol. The molecule has 158 valence electrons. The molecule has 0 saturated carbocycles. The smallest absolute Gasteiger partial charge is 0.321 e. The standard InChI is InChI=1S/C20H28FN5O2S/c1-12(2)11-26-16(14-9-7-8-10-15(14)21)24-25-19(26)29-13(3)17(27)22-18(28)23-20(4,5)6/h7-10,12-13H,11H2,1-6H3,(H2,22,23,27,28). The molecule has 2 rings (SSSR count). The Bertz CT molecular complexity index is 876. The Labute approximate surface area is 174 Å². The Morgan fingerprint density at radius 1 is 1.17 bits per heavy atom. The molecule has 0 bridgehead atoms. The van der Waals surface area contributed by atoms with Gasteiger partial charge in [0, 0.05) is 12.1 Å². The largest absolute Gasteiger partial charge is 0.333 e. The van der Waals surface area contributed by atoms with Gasteiger partial charge in [-0.2, -0.15) is 0 Å². The Morgan fingerprint density at radius 2 is 1.83 bits per heavy atom. The van der Waals surface area contributed by atoms with E-state index in [1.807, 2.05) is 39.2 Å². The zero-order valence-corrected chi connectivity index (χ0v) is 18.4. The fourth-order valence-electron chi connectivity index (χ4n) is 2.54. The van der Waals surface area contributed by atoms with E-state index in [1.54, 1.807) is 25.1 Å². The summed E-state index contributed by atoms with van der Waals surface area (Å²) < 4.78 is 16.1. The van der Waals surface area contributed by atoms with Crippen LogP contribution in [0.25, 0.3) is 11.4 Å². The third kappa shape index (κ3) is 6.56. The molecule has 0 aliphatic carbocycles. The predicted molar refractivity (Wildman–Crippen MR) is 112 cm³/mol. The molecule has 1 unspecified atom stereocenters. The second-order valence-corrected chi connectivity index (χ2v) is 9.55. The van der Waals surface area contributed by atoms with Gasteiger partial charge in [-0.25, -0.2) is 9.18 Å². The van der Waals surface area contributed by atoms with E-state index in [0.717, 1.165) is 0 Å². The molecule has 0 saturated heterocycles. The number of hydrogen-bond donors (Lipinski definition) is 2. The minimum absolute atomic E-state index is 0.262. The predicted octanol–water partition coefficient (Wildman–Crippen LogP) is 3.85. The van der Waals surface area contributed by atoms with Crippen molar-refractivity contribution in [2.24, 2.45) is 5.92 Å². The molecule has 0 aliphatic rings. The van der Waals surface area contributed by atoms with Crippen molar-refractivity contribution >= 4 is 23.7 Å². The maximum Gasteiger partial charge on any atom is 0.321 e. The first-order chi connectivity index (χ1) is 13.5. The Kier molecular flexibility index (Phi) is 7.40. The van der Waals surface area contributed by atoms with Gasteiger partial charge in [-0.15, -0.1) is 10.2 Å². The van der Waals surface area contributed by atoms with Crippen LogP contribution in [0.4, 0.5) is 9.18 Å². The van der Waals surface area contributed by atoms with E-state index >= 15 is 0 Å². The van der Waals surface area contributed by atoms with Gasteiger partial charge in [0.25, 0.3) is 0 Å². The first kappa shape index (κ1) is 22.9. The normalized spacial score (nSPS) is 12.7. The first-order valence-corrected chi connectivity index (χ1v) is 10.3. The van der Waals surface area contributed by atoms with Crippen LogP contribution < -0.4 is 10.6 Å². The summed E-state index contributed by atoms with van der Waals surface area (Å²) in [5.41, 5.74) is -0.0958. The number of carbonyl (C=O) groups is 2.